The van der Waals surface area contributed by atoms with Gasteiger partial charge in [0.1, 0.15) is 12.8 Å². The summed E-state index contributed by atoms with van der Waals surface area (Å²) in [5, 5.41) is 13.1. The van der Waals surface area contributed by atoms with Gasteiger partial charge in [0.15, 0.2) is 5.75 Å². The Morgan fingerprint density at radius 1 is 1.03 bits per heavy atom. The first-order chi connectivity index (χ1) is 14.3. The summed E-state index contributed by atoms with van der Waals surface area (Å²) in [6.07, 6.45) is 0.698. The fourth-order valence-electron chi connectivity index (χ4n) is 4.74. The van der Waals surface area contributed by atoms with E-state index in [1.165, 1.54) is 33.0 Å². The first-order valence-corrected chi connectivity index (χ1v) is 10.4. The lowest BCUT2D eigenvalue weighted by molar-refractivity contribution is -0.633. The number of pyridine rings is 1. The SMILES string of the molecule is Cc1cc2cccc3c2c(c1C)-c1c(cc2c(CC(C)(C)C#N)cccc2[n+]1C)O3. The van der Waals surface area contributed by atoms with Crippen molar-refractivity contribution in [2.24, 2.45) is 12.5 Å². The van der Waals surface area contributed by atoms with Crippen molar-refractivity contribution in [3.63, 3.8) is 0 Å². The number of benzene rings is 3. The van der Waals surface area contributed by atoms with E-state index in [-0.39, 0.29) is 0 Å². The highest BCUT2D eigenvalue weighted by molar-refractivity contribution is 6.05. The van der Waals surface area contributed by atoms with E-state index < -0.39 is 5.41 Å². The van der Waals surface area contributed by atoms with Gasteiger partial charge in [-0.25, -0.2) is 0 Å². The highest BCUT2D eigenvalue weighted by Gasteiger charge is 2.32. The molecular weight excluding hydrogens is 368 g/mol. The lowest BCUT2D eigenvalue weighted by Crippen LogP contribution is -2.34. The van der Waals surface area contributed by atoms with Crippen LogP contribution in [0.1, 0.15) is 30.5 Å². The van der Waals surface area contributed by atoms with E-state index in [1.807, 2.05) is 13.8 Å². The molecule has 0 bridgehead atoms. The van der Waals surface area contributed by atoms with E-state index in [1.54, 1.807) is 0 Å². The summed E-state index contributed by atoms with van der Waals surface area (Å²) in [6.45, 7) is 8.36. The second-order valence-corrected chi connectivity index (χ2v) is 9.09. The summed E-state index contributed by atoms with van der Waals surface area (Å²) in [7, 11) is 2.12. The van der Waals surface area contributed by atoms with Gasteiger partial charge in [-0.3, -0.25) is 0 Å². The highest BCUT2D eigenvalue weighted by atomic mass is 16.5. The van der Waals surface area contributed by atoms with Crippen molar-refractivity contribution < 1.29 is 9.30 Å². The molecule has 1 aliphatic rings. The summed E-state index contributed by atoms with van der Waals surface area (Å²) in [6, 6.07) is 19.5. The van der Waals surface area contributed by atoms with E-state index in [2.05, 4.69) is 80.1 Å². The van der Waals surface area contributed by atoms with Crippen LogP contribution >= 0.6 is 0 Å². The fraction of sp³-hybridized carbons (Fsp3) is 0.259. The second kappa shape index (κ2) is 6.31. The fourth-order valence-corrected chi connectivity index (χ4v) is 4.74. The van der Waals surface area contributed by atoms with Gasteiger partial charge < -0.3 is 4.74 Å². The number of aromatic nitrogens is 1. The van der Waals surface area contributed by atoms with Crippen LogP contribution in [-0.2, 0) is 13.5 Å². The monoisotopic (exact) mass is 393 g/mol. The molecule has 0 aliphatic carbocycles. The molecule has 0 spiro atoms. The Morgan fingerprint density at radius 2 is 1.80 bits per heavy atom. The molecule has 2 heterocycles. The van der Waals surface area contributed by atoms with E-state index in [0.717, 1.165) is 28.1 Å². The Bertz CT molecular complexity index is 1410. The number of fused-ring (bicyclic) bond motifs is 3. The van der Waals surface area contributed by atoms with Crippen LogP contribution in [0, 0.1) is 30.6 Å². The molecule has 30 heavy (non-hydrogen) atoms. The molecule has 0 radical (unpaired) electrons. The molecule has 0 saturated carbocycles. The van der Waals surface area contributed by atoms with Gasteiger partial charge in [-0.05, 0) is 62.3 Å². The normalized spacial score (nSPS) is 12.5. The van der Waals surface area contributed by atoms with Crippen LogP contribution in [0.2, 0.25) is 0 Å². The summed E-state index contributed by atoms with van der Waals surface area (Å²) >= 11 is 0. The first-order valence-electron chi connectivity index (χ1n) is 10.4. The number of nitrogens with zero attached hydrogens (tertiary/aromatic N) is 2. The van der Waals surface area contributed by atoms with Crippen LogP contribution in [-0.4, -0.2) is 0 Å². The largest absolute Gasteiger partial charge is 0.450 e. The molecule has 0 N–H and O–H groups in total. The maximum absolute atomic E-state index is 9.55. The van der Waals surface area contributed by atoms with Crippen LogP contribution in [0.25, 0.3) is 32.9 Å². The Labute approximate surface area is 177 Å². The zero-order valence-electron chi connectivity index (χ0n) is 18.1. The molecule has 3 nitrogen and oxygen atoms in total. The van der Waals surface area contributed by atoms with Crippen LogP contribution in [0.5, 0.6) is 11.5 Å². The smallest absolute Gasteiger partial charge is 0.256 e. The molecule has 3 aromatic carbocycles. The third kappa shape index (κ3) is 2.60. The zero-order chi connectivity index (χ0) is 21.2. The number of hydrogen-bond donors (Lipinski definition) is 0. The molecule has 1 aliphatic heterocycles. The molecule has 0 atom stereocenters. The molecule has 1 aromatic heterocycles. The summed E-state index contributed by atoms with van der Waals surface area (Å²) < 4.78 is 8.71. The minimum atomic E-state index is -0.421. The van der Waals surface area contributed by atoms with Crippen molar-refractivity contribution in [3.8, 4) is 28.8 Å². The van der Waals surface area contributed by atoms with Gasteiger partial charge in [0.25, 0.3) is 5.69 Å². The van der Waals surface area contributed by atoms with E-state index in [9.17, 15) is 5.26 Å². The van der Waals surface area contributed by atoms with Crippen LogP contribution in [0.15, 0.2) is 48.5 Å². The van der Waals surface area contributed by atoms with Crippen LogP contribution in [0.3, 0.4) is 0 Å². The first kappa shape index (κ1) is 18.6. The van der Waals surface area contributed by atoms with Gasteiger partial charge in [0.05, 0.1) is 22.4 Å². The predicted molar refractivity (Wildman–Crippen MR) is 121 cm³/mol. The van der Waals surface area contributed by atoms with Crippen molar-refractivity contribution in [1.82, 2.24) is 0 Å². The van der Waals surface area contributed by atoms with Crippen LogP contribution in [0.4, 0.5) is 0 Å². The maximum atomic E-state index is 9.55. The molecule has 148 valence electrons. The number of rotatable bonds is 2. The Hall–Kier alpha value is -3.38. The van der Waals surface area contributed by atoms with Gasteiger partial charge >= 0.3 is 0 Å². The van der Waals surface area contributed by atoms with E-state index in [0.29, 0.717) is 6.42 Å². The summed E-state index contributed by atoms with van der Waals surface area (Å²) in [5.41, 5.74) is 6.85. The number of aryl methyl sites for hydroxylation is 2. The molecule has 0 amide bonds. The van der Waals surface area contributed by atoms with Crippen molar-refractivity contribution in [2.45, 2.75) is 34.1 Å². The third-order valence-electron chi connectivity index (χ3n) is 6.42. The molecule has 3 heteroatoms. The maximum Gasteiger partial charge on any atom is 0.256 e. The third-order valence-corrected chi connectivity index (χ3v) is 6.42. The minimum absolute atomic E-state index is 0.421. The average Bonchev–Trinajstić information content (AvgIpc) is 2.72. The topological polar surface area (TPSA) is 36.9 Å². The van der Waals surface area contributed by atoms with E-state index in [4.69, 9.17) is 4.74 Å². The number of nitriles is 1. The lowest BCUT2D eigenvalue weighted by Gasteiger charge is -2.23. The molecule has 5 rings (SSSR count). The highest BCUT2D eigenvalue weighted by Crippen LogP contribution is 2.48. The van der Waals surface area contributed by atoms with E-state index >= 15 is 0 Å². The van der Waals surface area contributed by atoms with Crippen LogP contribution < -0.4 is 9.30 Å². The lowest BCUT2D eigenvalue weighted by atomic mass is 9.85. The van der Waals surface area contributed by atoms with Gasteiger partial charge in [0, 0.05) is 17.5 Å². The number of ether oxygens (including phenoxy) is 1. The molecule has 0 saturated heterocycles. The van der Waals surface area contributed by atoms with Gasteiger partial charge in [-0.1, -0.05) is 30.3 Å². The van der Waals surface area contributed by atoms with Gasteiger partial charge in [0.2, 0.25) is 5.52 Å². The molecule has 0 fully saturated rings. The second-order valence-electron chi connectivity index (χ2n) is 9.09. The van der Waals surface area contributed by atoms with Crippen molar-refractivity contribution in [1.29, 1.82) is 5.26 Å². The van der Waals surface area contributed by atoms with Gasteiger partial charge in [-0.15, -0.1) is 0 Å². The quantitative estimate of drug-likeness (QED) is 0.330. The summed E-state index contributed by atoms with van der Waals surface area (Å²) in [4.78, 5) is 0. The number of hydrogen-bond acceptors (Lipinski definition) is 2. The average molecular weight is 394 g/mol. The van der Waals surface area contributed by atoms with Crippen molar-refractivity contribution in [3.05, 3.63) is 65.2 Å². The van der Waals surface area contributed by atoms with Crippen molar-refractivity contribution in [2.75, 3.05) is 0 Å². The Kier molecular flexibility index (Phi) is 3.92. The standard InChI is InChI=1S/C27H25N2O/c1-16-12-18-8-7-11-22-25(18)24(17(16)2)26-23(30-22)13-20-19(14-27(3,4)15-28)9-6-10-21(20)29(26)5/h6-13H,14H2,1-5H3/q+1. The van der Waals surface area contributed by atoms with Gasteiger partial charge in [-0.2, -0.15) is 9.83 Å². The molecule has 0 unspecified atom stereocenters. The minimum Gasteiger partial charge on any atom is -0.450 e. The Balaban J connectivity index is 1.87. The van der Waals surface area contributed by atoms with Crippen molar-refractivity contribution >= 4 is 21.7 Å². The molecular formula is C27H25N2O+. The summed E-state index contributed by atoms with van der Waals surface area (Å²) in [5.74, 6) is 1.79. The molecule has 4 aromatic rings. The zero-order valence-corrected chi connectivity index (χ0v) is 18.1. The predicted octanol–water partition coefficient (Wildman–Crippen LogP) is 6.30. The Morgan fingerprint density at radius 3 is 2.57 bits per heavy atom.